The topological polar surface area (TPSA) is 61.0 Å². The average molecular weight is 291 g/mol. The molecule has 1 aliphatic rings. The number of rotatable bonds is 3. The largest absolute Gasteiger partial charge is 0.383 e. The van der Waals surface area contributed by atoms with Crippen LogP contribution in [0.4, 0.5) is 5.82 Å². The van der Waals surface area contributed by atoms with Gasteiger partial charge in [0.25, 0.3) is 0 Å². The van der Waals surface area contributed by atoms with Gasteiger partial charge in [-0.2, -0.15) is 0 Å². The highest BCUT2D eigenvalue weighted by Gasteiger charge is 2.27. The van der Waals surface area contributed by atoms with Crippen LogP contribution in [-0.2, 0) is 23.2 Å². The molecule has 0 aromatic carbocycles. The predicted molar refractivity (Wildman–Crippen MR) is 83.1 cm³/mol. The van der Waals surface area contributed by atoms with Crippen molar-refractivity contribution in [2.75, 3.05) is 12.3 Å². The van der Waals surface area contributed by atoms with Gasteiger partial charge in [-0.15, -0.1) is 11.3 Å². The van der Waals surface area contributed by atoms with Crippen molar-refractivity contribution in [3.63, 3.8) is 0 Å². The molecule has 1 aliphatic carbocycles. The molecule has 0 unspecified atom stereocenters. The smallest absolute Gasteiger partial charge is 0.163 e. The number of ether oxygens (including phenoxy) is 1. The molecule has 0 saturated carbocycles. The first-order valence-corrected chi connectivity index (χ1v) is 8.06. The second-order valence-electron chi connectivity index (χ2n) is 5.77. The number of aryl methyl sites for hydroxylation is 2. The summed E-state index contributed by atoms with van der Waals surface area (Å²) in [5.74, 6) is 1.29. The number of nitrogens with zero attached hydrogens (tertiary/aromatic N) is 2. The maximum atomic E-state index is 6.22. The zero-order valence-corrected chi connectivity index (χ0v) is 13.1. The Kier molecular flexibility index (Phi) is 3.42. The Bertz CT molecular complexity index is 648. The van der Waals surface area contributed by atoms with Crippen molar-refractivity contribution in [2.24, 2.45) is 0 Å². The Hall–Kier alpha value is -1.20. The second kappa shape index (κ2) is 4.97. The van der Waals surface area contributed by atoms with Crippen molar-refractivity contribution in [3.8, 4) is 0 Å². The molecule has 0 bridgehead atoms. The van der Waals surface area contributed by atoms with Crippen molar-refractivity contribution in [3.05, 3.63) is 16.3 Å². The Morgan fingerprint density at radius 2 is 2.00 bits per heavy atom. The summed E-state index contributed by atoms with van der Waals surface area (Å²) in [7, 11) is 0. The van der Waals surface area contributed by atoms with E-state index in [0.29, 0.717) is 18.2 Å². The van der Waals surface area contributed by atoms with Crippen molar-refractivity contribution in [2.45, 2.75) is 52.1 Å². The minimum absolute atomic E-state index is 0.498. The highest BCUT2D eigenvalue weighted by atomic mass is 32.1. The molecular formula is C15H21N3OS. The minimum Gasteiger partial charge on any atom is -0.383 e. The molecule has 0 fully saturated rings. The molecule has 2 aromatic rings. The third kappa shape index (κ3) is 2.19. The quantitative estimate of drug-likeness (QED) is 0.941. The van der Waals surface area contributed by atoms with Crippen LogP contribution in [0.1, 0.15) is 49.9 Å². The van der Waals surface area contributed by atoms with Gasteiger partial charge in [-0.05, 0) is 52.0 Å². The zero-order chi connectivity index (χ0) is 14.3. The highest BCUT2D eigenvalue weighted by molar-refractivity contribution is 7.19. The molecule has 3 rings (SSSR count). The van der Waals surface area contributed by atoms with Gasteiger partial charge in [-0.1, -0.05) is 0 Å². The van der Waals surface area contributed by atoms with Gasteiger partial charge < -0.3 is 10.5 Å². The molecule has 0 radical (unpaired) electrons. The summed E-state index contributed by atoms with van der Waals surface area (Å²) in [6, 6.07) is 0. The minimum atomic E-state index is -0.498. The van der Waals surface area contributed by atoms with Crippen LogP contribution in [-0.4, -0.2) is 16.6 Å². The maximum absolute atomic E-state index is 6.22. The SMILES string of the molecule is CCOC(C)(C)c1nc(N)c2c3c(sc2n1)CCCC3. The molecule has 0 saturated heterocycles. The summed E-state index contributed by atoms with van der Waals surface area (Å²) in [5, 5.41) is 1.08. The second-order valence-corrected chi connectivity index (χ2v) is 6.85. The summed E-state index contributed by atoms with van der Waals surface area (Å²) in [5.41, 5.74) is 7.10. The molecule has 0 atom stereocenters. The van der Waals surface area contributed by atoms with Gasteiger partial charge in [0.05, 0.1) is 5.39 Å². The monoisotopic (exact) mass is 291 g/mol. The van der Waals surface area contributed by atoms with Crippen LogP contribution >= 0.6 is 11.3 Å². The van der Waals surface area contributed by atoms with Gasteiger partial charge in [0.2, 0.25) is 0 Å². The highest BCUT2D eigenvalue weighted by Crippen LogP contribution is 2.38. The van der Waals surface area contributed by atoms with Crippen molar-refractivity contribution >= 4 is 27.4 Å². The number of aromatic nitrogens is 2. The molecule has 0 aliphatic heterocycles. The van der Waals surface area contributed by atoms with Crippen LogP contribution in [0.25, 0.3) is 10.2 Å². The van der Waals surface area contributed by atoms with Gasteiger partial charge >= 0.3 is 0 Å². The van der Waals surface area contributed by atoms with Gasteiger partial charge in [-0.3, -0.25) is 0 Å². The van der Waals surface area contributed by atoms with E-state index < -0.39 is 5.60 Å². The van der Waals surface area contributed by atoms with Crippen molar-refractivity contribution < 1.29 is 4.74 Å². The van der Waals surface area contributed by atoms with E-state index >= 15 is 0 Å². The van der Waals surface area contributed by atoms with E-state index in [9.17, 15) is 0 Å². The fraction of sp³-hybridized carbons (Fsp3) is 0.600. The summed E-state index contributed by atoms with van der Waals surface area (Å²) in [6.45, 7) is 6.60. The first kappa shape index (κ1) is 13.8. The molecule has 0 amide bonds. The summed E-state index contributed by atoms with van der Waals surface area (Å²) in [6.07, 6.45) is 4.77. The molecule has 5 heteroatoms. The van der Waals surface area contributed by atoms with Crippen LogP contribution < -0.4 is 5.73 Å². The predicted octanol–water partition coefficient (Wildman–Crippen LogP) is 3.42. The van der Waals surface area contributed by atoms with Crippen LogP contribution in [0, 0.1) is 0 Å². The van der Waals surface area contributed by atoms with Crippen molar-refractivity contribution in [1.82, 2.24) is 9.97 Å². The number of hydrogen-bond acceptors (Lipinski definition) is 5. The number of anilines is 1. The molecule has 20 heavy (non-hydrogen) atoms. The summed E-state index contributed by atoms with van der Waals surface area (Å²) >= 11 is 1.78. The first-order valence-electron chi connectivity index (χ1n) is 7.25. The number of fused-ring (bicyclic) bond motifs is 3. The van der Waals surface area contributed by atoms with Crippen molar-refractivity contribution in [1.29, 1.82) is 0 Å². The van der Waals surface area contributed by atoms with Crippen LogP contribution in [0.3, 0.4) is 0 Å². The lowest BCUT2D eigenvalue weighted by Gasteiger charge is -2.23. The Balaban J connectivity index is 2.15. The Morgan fingerprint density at radius 1 is 1.25 bits per heavy atom. The Morgan fingerprint density at radius 3 is 2.75 bits per heavy atom. The van der Waals surface area contributed by atoms with Gasteiger partial charge in [0.15, 0.2) is 5.82 Å². The van der Waals surface area contributed by atoms with E-state index in [0.717, 1.165) is 23.1 Å². The van der Waals surface area contributed by atoms with Gasteiger partial charge in [0, 0.05) is 11.5 Å². The lowest BCUT2D eigenvalue weighted by atomic mass is 9.97. The average Bonchev–Trinajstić information content (AvgIpc) is 2.77. The standard InChI is InChI=1S/C15H21N3OS/c1-4-19-15(2,3)14-17-12(16)11-9-7-5-6-8-10(9)20-13(11)18-14/h4-8H2,1-3H3,(H2,16,17,18). The van der Waals surface area contributed by atoms with Crippen LogP contribution in [0.15, 0.2) is 0 Å². The molecule has 108 valence electrons. The van der Waals surface area contributed by atoms with E-state index in [1.54, 1.807) is 11.3 Å². The van der Waals surface area contributed by atoms with Crippen LogP contribution in [0.5, 0.6) is 0 Å². The molecule has 2 N–H and O–H groups in total. The molecule has 2 heterocycles. The number of nitrogen functional groups attached to an aromatic ring is 1. The van der Waals surface area contributed by atoms with Gasteiger partial charge in [-0.25, -0.2) is 9.97 Å². The van der Waals surface area contributed by atoms with E-state index in [1.807, 2.05) is 20.8 Å². The zero-order valence-electron chi connectivity index (χ0n) is 12.3. The molecular weight excluding hydrogens is 270 g/mol. The molecule has 4 nitrogen and oxygen atoms in total. The lowest BCUT2D eigenvalue weighted by Crippen LogP contribution is -2.25. The fourth-order valence-electron chi connectivity index (χ4n) is 2.88. The van der Waals surface area contributed by atoms with E-state index in [4.69, 9.17) is 15.5 Å². The molecule has 2 aromatic heterocycles. The van der Waals surface area contributed by atoms with Crippen LogP contribution in [0.2, 0.25) is 0 Å². The molecule has 0 spiro atoms. The number of nitrogens with two attached hydrogens (primary N) is 1. The first-order chi connectivity index (χ1) is 9.53. The van der Waals surface area contributed by atoms with E-state index in [2.05, 4.69) is 4.98 Å². The third-order valence-electron chi connectivity index (χ3n) is 3.89. The normalized spacial score (nSPS) is 15.6. The maximum Gasteiger partial charge on any atom is 0.163 e. The summed E-state index contributed by atoms with van der Waals surface area (Å²) < 4.78 is 5.75. The third-order valence-corrected chi connectivity index (χ3v) is 5.07. The number of thiophene rings is 1. The van der Waals surface area contributed by atoms with Gasteiger partial charge in [0.1, 0.15) is 16.2 Å². The van der Waals surface area contributed by atoms with E-state index in [1.165, 1.54) is 23.3 Å². The lowest BCUT2D eigenvalue weighted by molar-refractivity contribution is -0.0204. The Labute approximate surface area is 123 Å². The summed E-state index contributed by atoms with van der Waals surface area (Å²) in [4.78, 5) is 11.7. The fourth-order valence-corrected chi connectivity index (χ4v) is 4.15. The van der Waals surface area contributed by atoms with E-state index in [-0.39, 0.29) is 0 Å². The number of hydrogen-bond donors (Lipinski definition) is 1.